The van der Waals surface area contributed by atoms with Crippen molar-refractivity contribution in [1.82, 2.24) is 0 Å². The third kappa shape index (κ3) is 12.9. The normalized spacial score (nSPS) is 13.0. The first-order valence-electron chi connectivity index (χ1n) is 11.8. The van der Waals surface area contributed by atoms with Crippen LogP contribution in [0, 0.1) is 0 Å². The van der Waals surface area contributed by atoms with E-state index in [1.807, 2.05) is 12.1 Å². The Labute approximate surface area is 187 Å². The Bertz CT molecular complexity index is 657. The van der Waals surface area contributed by atoms with Crippen LogP contribution in [-0.4, -0.2) is 29.8 Å². The third-order valence-electron chi connectivity index (χ3n) is 5.32. The van der Waals surface area contributed by atoms with Gasteiger partial charge in [0, 0.05) is 4.91 Å². The summed E-state index contributed by atoms with van der Waals surface area (Å²) < 4.78 is 5.50. The average Bonchev–Trinajstić information content (AvgIpc) is 2.80. The molecule has 6 heteroatoms. The van der Waals surface area contributed by atoms with Gasteiger partial charge in [0.2, 0.25) is 0 Å². The zero-order valence-corrected chi connectivity index (χ0v) is 19.0. The van der Waals surface area contributed by atoms with Gasteiger partial charge in [-0.05, 0) is 36.6 Å². The molecule has 1 N–H and O–H groups in total. The maximum Gasteiger partial charge on any atom is 0.338 e. The molecule has 1 aromatic rings. The topological polar surface area (TPSA) is 95.3 Å². The summed E-state index contributed by atoms with van der Waals surface area (Å²) in [6.07, 6.45) is 18.0. The highest BCUT2D eigenvalue weighted by atomic mass is 16.5. The number of benzene rings is 1. The Hall–Kier alpha value is -2.30. The molecular formula is C25H39N3O3. The van der Waals surface area contributed by atoms with Gasteiger partial charge >= 0.3 is 5.97 Å². The highest BCUT2D eigenvalue weighted by molar-refractivity contribution is 5.89. The van der Waals surface area contributed by atoms with Crippen molar-refractivity contribution >= 4 is 5.97 Å². The minimum Gasteiger partial charge on any atom is -0.454 e. The fourth-order valence-corrected chi connectivity index (χ4v) is 3.44. The zero-order valence-electron chi connectivity index (χ0n) is 19.0. The summed E-state index contributed by atoms with van der Waals surface area (Å²) in [5.41, 5.74) is 9.15. The number of aliphatic hydroxyl groups excluding tert-OH is 1. The summed E-state index contributed by atoms with van der Waals surface area (Å²) in [4.78, 5) is 15.1. The molecule has 31 heavy (non-hydrogen) atoms. The monoisotopic (exact) mass is 429 g/mol. The molecule has 2 atom stereocenters. The number of carbonyl (C=O) groups is 1. The van der Waals surface area contributed by atoms with E-state index in [9.17, 15) is 9.90 Å². The number of azide groups is 1. The first-order valence-corrected chi connectivity index (χ1v) is 11.8. The molecule has 0 saturated heterocycles. The van der Waals surface area contributed by atoms with E-state index < -0.39 is 18.1 Å². The highest BCUT2D eigenvalue weighted by Gasteiger charge is 2.22. The van der Waals surface area contributed by atoms with Gasteiger partial charge in [0.1, 0.15) is 12.1 Å². The number of rotatable bonds is 18. The van der Waals surface area contributed by atoms with Gasteiger partial charge in [0.05, 0.1) is 12.2 Å². The van der Waals surface area contributed by atoms with Crippen LogP contribution in [0.1, 0.15) is 94.3 Å². The molecule has 0 aromatic heterocycles. The van der Waals surface area contributed by atoms with Gasteiger partial charge in [0.25, 0.3) is 0 Å². The highest BCUT2D eigenvalue weighted by Crippen LogP contribution is 2.14. The summed E-state index contributed by atoms with van der Waals surface area (Å²) >= 11 is 0. The quantitative estimate of drug-likeness (QED) is 0.0670. The Kier molecular flexibility index (Phi) is 15.9. The van der Waals surface area contributed by atoms with Gasteiger partial charge in [-0.2, -0.15) is 0 Å². The predicted octanol–water partition coefficient (Wildman–Crippen LogP) is 7.14. The van der Waals surface area contributed by atoms with E-state index in [0.29, 0.717) is 5.56 Å². The predicted molar refractivity (Wildman–Crippen MR) is 126 cm³/mol. The van der Waals surface area contributed by atoms with Gasteiger partial charge in [0.15, 0.2) is 0 Å². The molecule has 0 radical (unpaired) electrons. The third-order valence-corrected chi connectivity index (χ3v) is 5.32. The van der Waals surface area contributed by atoms with Crippen molar-refractivity contribution in [3.63, 3.8) is 0 Å². The summed E-state index contributed by atoms with van der Waals surface area (Å²) in [5.74, 6) is -0.503. The maximum atomic E-state index is 12.3. The Morgan fingerprint density at radius 3 is 2.16 bits per heavy atom. The van der Waals surface area contributed by atoms with Crippen molar-refractivity contribution in [3.8, 4) is 0 Å². The van der Waals surface area contributed by atoms with Gasteiger partial charge in [-0.1, -0.05) is 101 Å². The van der Waals surface area contributed by atoms with Crippen LogP contribution in [-0.2, 0) is 4.74 Å². The van der Waals surface area contributed by atoms with E-state index in [-0.39, 0.29) is 6.61 Å². The van der Waals surface area contributed by atoms with E-state index in [4.69, 9.17) is 10.3 Å². The summed E-state index contributed by atoms with van der Waals surface area (Å²) in [6, 6.07) is 7.81. The second-order valence-electron chi connectivity index (χ2n) is 7.94. The molecule has 0 saturated carbocycles. The standard InChI is InChI=1S/C25H39N3O3/c1-2-3-4-5-6-7-8-9-10-11-12-13-17-20-24(23(21-29)27-28-26)31-25(30)22-18-15-14-16-19-22/h14-20,23-24,29H,2-13,21H2,1H3/b20-17+. The average molecular weight is 430 g/mol. The SMILES string of the molecule is CCCCCCCCCCCCC/C=C/C(OC(=O)c1ccccc1)C(CO)N=[N+]=[N-]. The number of hydrogen-bond donors (Lipinski definition) is 1. The van der Waals surface area contributed by atoms with Crippen LogP contribution in [0.3, 0.4) is 0 Å². The summed E-state index contributed by atoms with van der Waals surface area (Å²) in [5, 5.41) is 13.1. The van der Waals surface area contributed by atoms with E-state index >= 15 is 0 Å². The molecular weight excluding hydrogens is 390 g/mol. The zero-order chi connectivity index (χ0) is 22.6. The number of aliphatic hydroxyl groups is 1. The van der Waals surface area contributed by atoms with E-state index in [0.717, 1.165) is 12.8 Å². The summed E-state index contributed by atoms with van der Waals surface area (Å²) in [7, 11) is 0. The lowest BCUT2D eigenvalue weighted by molar-refractivity contribution is 0.0304. The van der Waals surface area contributed by atoms with Crippen molar-refractivity contribution in [1.29, 1.82) is 0 Å². The molecule has 6 nitrogen and oxygen atoms in total. The molecule has 0 heterocycles. The van der Waals surface area contributed by atoms with Crippen molar-refractivity contribution in [3.05, 3.63) is 58.5 Å². The Morgan fingerprint density at radius 1 is 1.03 bits per heavy atom. The van der Waals surface area contributed by atoms with Crippen LogP contribution in [0.25, 0.3) is 10.4 Å². The number of ether oxygens (including phenoxy) is 1. The van der Waals surface area contributed by atoms with Crippen LogP contribution in [0.2, 0.25) is 0 Å². The molecule has 0 aliphatic heterocycles. The number of carbonyl (C=O) groups excluding carboxylic acids is 1. The fourth-order valence-electron chi connectivity index (χ4n) is 3.44. The van der Waals surface area contributed by atoms with Crippen molar-refractivity contribution < 1.29 is 14.6 Å². The smallest absolute Gasteiger partial charge is 0.338 e. The summed E-state index contributed by atoms with van der Waals surface area (Å²) in [6.45, 7) is 1.86. The van der Waals surface area contributed by atoms with Crippen LogP contribution in [0.15, 0.2) is 47.6 Å². The molecule has 2 unspecified atom stereocenters. The second-order valence-corrected chi connectivity index (χ2v) is 7.94. The van der Waals surface area contributed by atoms with Crippen molar-refractivity contribution in [2.45, 2.75) is 96.1 Å². The number of unbranched alkanes of at least 4 members (excludes halogenated alkanes) is 11. The minimum atomic E-state index is -0.841. The largest absolute Gasteiger partial charge is 0.454 e. The lowest BCUT2D eigenvalue weighted by Crippen LogP contribution is -2.31. The van der Waals surface area contributed by atoms with Crippen molar-refractivity contribution in [2.75, 3.05) is 6.61 Å². The first-order chi connectivity index (χ1) is 15.2. The van der Waals surface area contributed by atoms with Gasteiger partial charge in [-0.3, -0.25) is 0 Å². The molecule has 0 amide bonds. The first kappa shape index (κ1) is 26.7. The molecule has 0 aliphatic carbocycles. The van der Waals surface area contributed by atoms with Crippen LogP contribution in [0.4, 0.5) is 0 Å². The van der Waals surface area contributed by atoms with Crippen LogP contribution < -0.4 is 0 Å². The molecule has 0 spiro atoms. The Morgan fingerprint density at radius 2 is 1.61 bits per heavy atom. The van der Waals surface area contributed by atoms with E-state index in [1.165, 1.54) is 64.2 Å². The van der Waals surface area contributed by atoms with Gasteiger partial charge in [-0.25, -0.2) is 4.79 Å². The van der Waals surface area contributed by atoms with E-state index in [1.54, 1.807) is 30.3 Å². The lowest BCUT2D eigenvalue weighted by atomic mass is 10.0. The van der Waals surface area contributed by atoms with E-state index in [2.05, 4.69) is 16.9 Å². The molecule has 0 fully saturated rings. The second kappa shape index (κ2) is 18.5. The molecule has 1 rings (SSSR count). The Balaban J connectivity index is 2.32. The number of hydrogen-bond acceptors (Lipinski definition) is 4. The molecule has 172 valence electrons. The lowest BCUT2D eigenvalue weighted by Gasteiger charge is -2.19. The van der Waals surface area contributed by atoms with Crippen LogP contribution in [0.5, 0.6) is 0 Å². The fraction of sp³-hybridized carbons (Fsp3) is 0.640. The number of allylic oxidation sites excluding steroid dienone is 1. The van der Waals surface area contributed by atoms with Crippen LogP contribution >= 0.6 is 0 Å². The molecule has 0 aliphatic rings. The number of nitrogens with zero attached hydrogens (tertiary/aromatic N) is 3. The minimum absolute atomic E-state index is 0.389. The van der Waals surface area contributed by atoms with Crippen molar-refractivity contribution in [2.24, 2.45) is 5.11 Å². The number of esters is 1. The molecule has 1 aromatic carbocycles. The molecule has 0 bridgehead atoms. The van der Waals surface area contributed by atoms with Gasteiger partial charge in [-0.15, -0.1) is 0 Å². The van der Waals surface area contributed by atoms with Gasteiger partial charge < -0.3 is 9.84 Å². The maximum absolute atomic E-state index is 12.3.